The van der Waals surface area contributed by atoms with Gasteiger partial charge in [0.25, 0.3) is 0 Å². The zero-order chi connectivity index (χ0) is 14.0. The van der Waals surface area contributed by atoms with Crippen LogP contribution in [-0.4, -0.2) is 0 Å². The summed E-state index contributed by atoms with van der Waals surface area (Å²) in [7, 11) is 0. The van der Waals surface area contributed by atoms with Gasteiger partial charge >= 0.3 is 0 Å². The van der Waals surface area contributed by atoms with Crippen molar-refractivity contribution in [2.24, 2.45) is 5.84 Å². The van der Waals surface area contributed by atoms with Crippen molar-refractivity contribution in [1.82, 2.24) is 5.43 Å². The average molecular weight is 323 g/mol. The van der Waals surface area contributed by atoms with Gasteiger partial charge in [-0.05, 0) is 48.7 Å². The number of nitrogens with one attached hydrogen (secondary N) is 1. The Morgan fingerprint density at radius 3 is 2.53 bits per heavy atom. The summed E-state index contributed by atoms with van der Waals surface area (Å²) in [6, 6.07) is 10.7. The smallest absolute Gasteiger partial charge is 0.124 e. The Balaban J connectivity index is 2.52. The first-order valence-electron chi connectivity index (χ1n) is 6.00. The fraction of sp³-hybridized carbons (Fsp3) is 0.200. The van der Waals surface area contributed by atoms with Crippen LogP contribution in [0, 0.1) is 19.7 Å². The maximum absolute atomic E-state index is 13.5. The highest BCUT2D eigenvalue weighted by Crippen LogP contribution is 2.28. The van der Waals surface area contributed by atoms with Crippen LogP contribution in [0.1, 0.15) is 28.3 Å². The van der Waals surface area contributed by atoms with Crippen molar-refractivity contribution in [1.29, 1.82) is 0 Å². The first-order chi connectivity index (χ1) is 9.01. The molecule has 2 aromatic carbocycles. The van der Waals surface area contributed by atoms with E-state index in [4.69, 9.17) is 5.84 Å². The van der Waals surface area contributed by atoms with Crippen molar-refractivity contribution in [3.63, 3.8) is 0 Å². The van der Waals surface area contributed by atoms with E-state index in [-0.39, 0.29) is 11.9 Å². The minimum atomic E-state index is -0.282. The van der Waals surface area contributed by atoms with Gasteiger partial charge in [-0.15, -0.1) is 0 Å². The molecule has 19 heavy (non-hydrogen) atoms. The highest BCUT2D eigenvalue weighted by Gasteiger charge is 2.16. The molecule has 100 valence electrons. The Labute approximate surface area is 120 Å². The molecule has 0 aliphatic rings. The quantitative estimate of drug-likeness (QED) is 0.667. The second kappa shape index (κ2) is 5.82. The fourth-order valence-electron chi connectivity index (χ4n) is 2.18. The number of aryl methyl sites for hydroxylation is 2. The number of nitrogens with two attached hydrogens (primary N) is 1. The van der Waals surface area contributed by atoms with Gasteiger partial charge in [0, 0.05) is 4.47 Å². The number of benzene rings is 2. The molecule has 0 aliphatic heterocycles. The predicted molar refractivity (Wildman–Crippen MR) is 79.2 cm³/mol. The third-order valence-electron chi connectivity index (χ3n) is 3.13. The van der Waals surface area contributed by atoms with E-state index in [0.29, 0.717) is 4.47 Å². The maximum Gasteiger partial charge on any atom is 0.124 e. The first-order valence-corrected chi connectivity index (χ1v) is 6.80. The van der Waals surface area contributed by atoms with Crippen LogP contribution in [-0.2, 0) is 0 Å². The number of halogens is 2. The van der Waals surface area contributed by atoms with Gasteiger partial charge in [0.15, 0.2) is 0 Å². The molecular weight excluding hydrogens is 307 g/mol. The highest BCUT2D eigenvalue weighted by atomic mass is 79.9. The summed E-state index contributed by atoms with van der Waals surface area (Å²) in [5, 5.41) is 0. The molecule has 4 heteroatoms. The minimum Gasteiger partial charge on any atom is -0.271 e. The van der Waals surface area contributed by atoms with Crippen LogP contribution in [0.5, 0.6) is 0 Å². The molecule has 0 aliphatic carbocycles. The standard InChI is InChI=1S/C15H16BrFN2/c1-9-3-4-10(2)14(5-9)15(19-18)11-6-12(16)8-13(17)7-11/h3-8,15,19H,18H2,1-2H3. The van der Waals surface area contributed by atoms with Gasteiger partial charge in [-0.3, -0.25) is 5.84 Å². The van der Waals surface area contributed by atoms with E-state index in [1.165, 1.54) is 12.1 Å². The van der Waals surface area contributed by atoms with Crippen molar-refractivity contribution in [2.75, 3.05) is 0 Å². The third kappa shape index (κ3) is 3.21. The second-order valence-electron chi connectivity index (χ2n) is 4.66. The maximum atomic E-state index is 13.5. The van der Waals surface area contributed by atoms with Gasteiger partial charge in [-0.25, -0.2) is 9.82 Å². The molecule has 0 heterocycles. The van der Waals surface area contributed by atoms with Crippen LogP contribution in [0.3, 0.4) is 0 Å². The van der Waals surface area contributed by atoms with Crippen LogP contribution < -0.4 is 11.3 Å². The highest BCUT2D eigenvalue weighted by molar-refractivity contribution is 9.10. The van der Waals surface area contributed by atoms with Crippen molar-refractivity contribution in [3.05, 3.63) is 68.9 Å². The van der Waals surface area contributed by atoms with Gasteiger partial charge in [0.2, 0.25) is 0 Å². The normalized spacial score (nSPS) is 12.5. The van der Waals surface area contributed by atoms with Crippen LogP contribution in [0.2, 0.25) is 0 Å². The van der Waals surface area contributed by atoms with E-state index >= 15 is 0 Å². The summed E-state index contributed by atoms with van der Waals surface area (Å²) in [6.07, 6.45) is 0. The fourth-order valence-corrected chi connectivity index (χ4v) is 2.66. The topological polar surface area (TPSA) is 38.0 Å². The summed E-state index contributed by atoms with van der Waals surface area (Å²) in [6.45, 7) is 4.05. The Morgan fingerprint density at radius 1 is 1.16 bits per heavy atom. The van der Waals surface area contributed by atoms with Crippen LogP contribution >= 0.6 is 15.9 Å². The molecular formula is C15H16BrFN2. The van der Waals surface area contributed by atoms with E-state index in [2.05, 4.69) is 27.4 Å². The lowest BCUT2D eigenvalue weighted by atomic mass is 9.94. The van der Waals surface area contributed by atoms with E-state index in [9.17, 15) is 4.39 Å². The Bertz CT molecular complexity index is 578. The lowest BCUT2D eigenvalue weighted by Crippen LogP contribution is -2.29. The monoisotopic (exact) mass is 322 g/mol. The molecule has 0 bridgehead atoms. The van der Waals surface area contributed by atoms with Crippen molar-refractivity contribution in [3.8, 4) is 0 Å². The number of hydrogen-bond acceptors (Lipinski definition) is 2. The molecule has 1 unspecified atom stereocenters. The Morgan fingerprint density at radius 2 is 1.89 bits per heavy atom. The summed E-state index contributed by atoms with van der Waals surface area (Å²) in [4.78, 5) is 0. The lowest BCUT2D eigenvalue weighted by molar-refractivity contribution is 0.603. The van der Waals surface area contributed by atoms with Crippen molar-refractivity contribution >= 4 is 15.9 Å². The largest absolute Gasteiger partial charge is 0.271 e. The van der Waals surface area contributed by atoms with Gasteiger partial charge in [-0.2, -0.15) is 0 Å². The molecule has 0 spiro atoms. The first kappa shape index (κ1) is 14.2. The molecule has 2 aromatic rings. The number of hydrogen-bond donors (Lipinski definition) is 2. The van der Waals surface area contributed by atoms with Gasteiger partial charge in [-0.1, -0.05) is 39.7 Å². The molecule has 0 saturated carbocycles. The average Bonchev–Trinajstić information content (AvgIpc) is 2.33. The van der Waals surface area contributed by atoms with Crippen LogP contribution in [0.25, 0.3) is 0 Å². The molecule has 0 saturated heterocycles. The summed E-state index contributed by atoms with van der Waals surface area (Å²) >= 11 is 3.31. The molecule has 2 rings (SSSR count). The number of hydrazine groups is 1. The van der Waals surface area contributed by atoms with Gasteiger partial charge in [0.05, 0.1) is 6.04 Å². The molecule has 0 aromatic heterocycles. The molecule has 0 radical (unpaired) electrons. The van der Waals surface area contributed by atoms with E-state index < -0.39 is 0 Å². The van der Waals surface area contributed by atoms with E-state index in [0.717, 1.165) is 22.3 Å². The zero-order valence-corrected chi connectivity index (χ0v) is 12.5. The SMILES string of the molecule is Cc1ccc(C)c(C(NN)c2cc(F)cc(Br)c2)c1. The summed E-state index contributed by atoms with van der Waals surface area (Å²) in [5.74, 6) is 5.39. The summed E-state index contributed by atoms with van der Waals surface area (Å²) < 4.78 is 14.2. The van der Waals surface area contributed by atoms with E-state index in [1.807, 2.05) is 32.0 Å². The summed E-state index contributed by atoms with van der Waals surface area (Å²) in [5.41, 5.74) is 6.89. The second-order valence-corrected chi connectivity index (χ2v) is 5.58. The number of rotatable bonds is 3. The molecule has 3 N–H and O–H groups in total. The Kier molecular flexibility index (Phi) is 4.34. The van der Waals surface area contributed by atoms with Crippen molar-refractivity contribution in [2.45, 2.75) is 19.9 Å². The molecule has 1 atom stereocenters. The zero-order valence-electron chi connectivity index (χ0n) is 10.9. The lowest BCUT2D eigenvalue weighted by Gasteiger charge is -2.20. The van der Waals surface area contributed by atoms with Crippen LogP contribution in [0.4, 0.5) is 4.39 Å². The molecule has 2 nitrogen and oxygen atoms in total. The third-order valence-corrected chi connectivity index (χ3v) is 3.59. The molecule has 0 fully saturated rings. The van der Waals surface area contributed by atoms with Gasteiger partial charge < -0.3 is 0 Å². The van der Waals surface area contributed by atoms with Gasteiger partial charge in [0.1, 0.15) is 5.82 Å². The van der Waals surface area contributed by atoms with E-state index in [1.54, 1.807) is 0 Å². The Hall–Kier alpha value is -1.23. The molecule has 0 amide bonds. The van der Waals surface area contributed by atoms with Crippen molar-refractivity contribution < 1.29 is 4.39 Å². The minimum absolute atomic E-state index is 0.230. The van der Waals surface area contributed by atoms with Crippen LogP contribution in [0.15, 0.2) is 40.9 Å². The predicted octanol–water partition coefficient (Wildman–Crippen LogP) is 3.76.